The van der Waals surface area contributed by atoms with Crippen molar-refractivity contribution in [3.8, 4) is 5.75 Å². The summed E-state index contributed by atoms with van der Waals surface area (Å²) in [5.74, 6) is 0.697. The molecular weight excluding hydrogens is 296 g/mol. The largest absolute Gasteiger partial charge is 0.506 e. The zero-order valence-electron chi connectivity index (χ0n) is 14.7. The second kappa shape index (κ2) is 6.95. The molecular formula is C18H28O3S. The molecule has 0 aromatic heterocycles. The van der Waals surface area contributed by atoms with Gasteiger partial charge in [-0.3, -0.25) is 4.79 Å². The van der Waals surface area contributed by atoms with E-state index in [1.165, 1.54) is 24.4 Å². The van der Waals surface area contributed by atoms with E-state index < -0.39 is 0 Å². The number of carbonyl (C=O) groups is 1. The smallest absolute Gasteiger partial charge is 0.306 e. The van der Waals surface area contributed by atoms with Crippen LogP contribution in [-0.4, -0.2) is 23.9 Å². The summed E-state index contributed by atoms with van der Waals surface area (Å²) < 4.78 is 4.66. The van der Waals surface area contributed by atoms with Crippen LogP contribution in [0.25, 0.3) is 0 Å². The Labute approximate surface area is 138 Å². The molecule has 0 heterocycles. The van der Waals surface area contributed by atoms with Crippen LogP contribution in [0, 0.1) is 0 Å². The number of hydrogen-bond donors (Lipinski definition) is 1. The van der Waals surface area contributed by atoms with Gasteiger partial charge in [0.05, 0.1) is 13.5 Å². The first-order valence-corrected chi connectivity index (χ1v) is 8.53. The van der Waals surface area contributed by atoms with Gasteiger partial charge < -0.3 is 9.84 Å². The fourth-order valence-electron chi connectivity index (χ4n) is 2.07. The molecule has 1 aromatic rings. The zero-order chi connectivity index (χ0) is 17.1. The van der Waals surface area contributed by atoms with E-state index >= 15 is 0 Å². The van der Waals surface area contributed by atoms with Crippen molar-refractivity contribution in [1.29, 1.82) is 0 Å². The lowest BCUT2D eigenvalue weighted by atomic mass is 9.80. The number of hydrogen-bond acceptors (Lipinski definition) is 4. The van der Waals surface area contributed by atoms with E-state index in [2.05, 4.69) is 52.3 Å². The molecule has 0 radical (unpaired) electrons. The summed E-state index contributed by atoms with van der Waals surface area (Å²) in [5.41, 5.74) is 2.00. The van der Waals surface area contributed by atoms with Crippen molar-refractivity contribution in [2.75, 3.05) is 12.9 Å². The molecule has 0 fully saturated rings. The monoisotopic (exact) mass is 324 g/mol. The molecule has 0 saturated heterocycles. The molecule has 1 N–H and O–H groups in total. The Kier molecular flexibility index (Phi) is 5.96. The van der Waals surface area contributed by atoms with E-state index in [9.17, 15) is 9.90 Å². The van der Waals surface area contributed by atoms with Crippen LogP contribution in [-0.2, 0) is 20.4 Å². The third-order valence-electron chi connectivity index (χ3n) is 3.54. The molecule has 0 amide bonds. The number of phenolic OH excluding ortho intramolecular Hbond substituents is 1. The second-order valence-electron chi connectivity index (χ2n) is 7.55. The summed E-state index contributed by atoms with van der Waals surface area (Å²) in [7, 11) is 1.39. The Balaban J connectivity index is 3.17. The van der Waals surface area contributed by atoms with Crippen LogP contribution in [0.1, 0.15) is 59.1 Å². The molecule has 22 heavy (non-hydrogen) atoms. The SMILES string of the molecule is COC(=O)CCSc1cc(C(C)(C)C)cc(C(C)(C)C)c1O. The molecule has 1 aromatic carbocycles. The number of benzene rings is 1. The lowest BCUT2D eigenvalue weighted by Crippen LogP contribution is -2.17. The highest BCUT2D eigenvalue weighted by molar-refractivity contribution is 7.99. The van der Waals surface area contributed by atoms with Crippen LogP contribution in [0.3, 0.4) is 0 Å². The van der Waals surface area contributed by atoms with Gasteiger partial charge in [0.15, 0.2) is 0 Å². The van der Waals surface area contributed by atoms with E-state index in [4.69, 9.17) is 0 Å². The summed E-state index contributed by atoms with van der Waals surface area (Å²) in [4.78, 5) is 12.1. The maximum absolute atomic E-state index is 11.2. The number of phenols is 1. The molecule has 0 atom stereocenters. The summed E-state index contributed by atoms with van der Waals surface area (Å²) in [6.45, 7) is 12.8. The molecule has 0 aliphatic rings. The minimum atomic E-state index is -0.227. The highest BCUT2D eigenvalue weighted by atomic mass is 32.2. The third kappa shape index (κ3) is 4.94. The number of rotatable bonds is 4. The Morgan fingerprint density at radius 3 is 2.18 bits per heavy atom. The average Bonchev–Trinajstić information content (AvgIpc) is 2.37. The minimum absolute atomic E-state index is 0.00532. The van der Waals surface area contributed by atoms with Gasteiger partial charge in [0, 0.05) is 16.2 Å². The number of thioether (sulfide) groups is 1. The van der Waals surface area contributed by atoms with Gasteiger partial charge in [0.1, 0.15) is 5.75 Å². The molecule has 0 saturated carbocycles. The molecule has 0 spiro atoms. The van der Waals surface area contributed by atoms with Gasteiger partial charge in [-0.15, -0.1) is 11.8 Å². The van der Waals surface area contributed by atoms with Crippen molar-refractivity contribution in [3.63, 3.8) is 0 Å². The molecule has 3 nitrogen and oxygen atoms in total. The Hall–Kier alpha value is -1.16. The van der Waals surface area contributed by atoms with E-state index in [1.807, 2.05) is 6.07 Å². The van der Waals surface area contributed by atoms with Crippen LogP contribution < -0.4 is 0 Å². The van der Waals surface area contributed by atoms with Crippen molar-refractivity contribution in [1.82, 2.24) is 0 Å². The zero-order valence-corrected chi connectivity index (χ0v) is 15.6. The first-order chi connectivity index (χ1) is 9.96. The second-order valence-corrected chi connectivity index (χ2v) is 8.68. The van der Waals surface area contributed by atoms with Crippen molar-refractivity contribution in [2.45, 2.75) is 63.7 Å². The fourth-order valence-corrected chi connectivity index (χ4v) is 3.01. The van der Waals surface area contributed by atoms with Crippen LogP contribution in [0.2, 0.25) is 0 Å². The molecule has 0 aliphatic heterocycles. The topological polar surface area (TPSA) is 46.5 Å². The Morgan fingerprint density at radius 1 is 1.14 bits per heavy atom. The molecule has 0 aliphatic carbocycles. The lowest BCUT2D eigenvalue weighted by molar-refractivity contribution is -0.140. The van der Waals surface area contributed by atoms with Crippen LogP contribution in [0.5, 0.6) is 5.75 Å². The standard InChI is InChI=1S/C18H28O3S/c1-17(2,3)12-10-13(18(4,5)6)16(20)14(11-12)22-9-8-15(19)21-7/h10-11,20H,8-9H2,1-7H3. The van der Waals surface area contributed by atoms with Crippen LogP contribution in [0.4, 0.5) is 0 Å². The van der Waals surface area contributed by atoms with E-state index in [1.54, 1.807) is 0 Å². The molecule has 4 heteroatoms. The predicted molar refractivity (Wildman–Crippen MR) is 92.9 cm³/mol. The number of carbonyl (C=O) groups excluding carboxylic acids is 1. The van der Waals surface area contributed by atoms with E-state index in [0.717, 1.165) is 10.5 Å². The first-order valence-electron chi connectivity index (χ1n) is 7.54. The number of aromatic hydroxyl groups is 1. The highest BCUT2D eigenvalue weighted by Gasteiger charge is 2.25. The molecule has 0 unspecified atom stereocenters. The van der Waals surface area contributed by atoms with E-state index in [-0.39, 0.29) is 16.8 Å². The fraction of sp³-hybridized carbons (Fsp3) is 0.611. The number of ether oxygens (including phenoxy) is 1. The predicted octanol–water partition coefficient (Wildman–Crippen LogP) is 4.64. The average molecular weight is 324 g/mol. The summed E-state index contributed by atoms with van der Waals surface area (Å²) in [6, 6.07) is 4.13. The van der Waals surface area contributed by atoms with Gasteiger partial charge in [-0.2, -0.15) is 0 Å². The molecule has 1 rings (SSSR count). The number of esters is 1. The molecule has 124 valence electrons. The van der Waals surface area contributed by atoms with Gasteiger partial charge in [-0.05, 0) is 22.5 Å². The Morgan fingerprint density at radius 2 is 1.73 bits per heavy atom. The van der Waals surface area contributed by atoms with Crippen LogP contribution >= 0.6 is 11.8 Å². The van der Waals surface area contributed by atoms with E-state index in [0.29, 0.717) is 17.9 Å². The maximum atomic E-state index is 11.2. The Bertz CT molecular complexity index is 536. The van der Waals surface area contributed by atoms with Gasteiger partial charge >= 0.3 is 5.97 Å². The summed E-state index contributed by atoms with van der Waals surface area (Å²) >= 11 is 1.50. The van der Waals surface area contributed by atoms with Gasteiger partial charge in [-0.1, -0.05) is 47.6 Å². The van der Waals surface area contributed by atoms with Gasteiger partial charge in [0.25, 0.3) is 0 Å². The third-order valence-corrected chi connectivity index (χ3v) is 4.57. The van der Waals surface area contributed by atoms with Crippen LogP contribution in [0.15, 0.2) is 17.0 Å². The van der Waals surface area contributed by atoms with Crippen molar-refractivity contribution in [3.05, 3.63) is 23.3 Å². The normalized spacial score (nSPS) is 12.3. The van der Waals surface area contributed by atoms with Crippen molar-refractivity contribution >= 4 is 17.7 Å². The van der Waals surface area contributed by atoms with Crippen molar-refractivity contribution in [2.24, 2.45) is 0 Å². The van der Waals surface area contributed by atoms with Gasteiger partial charge in [-0.25, -0.2) is 0 Å². The minimum Gasteiger partial charge on any atom is -0.506 e. The first kappa shape index (κ1) is 18.9. The highest BCUT2D eigenvalue weighted by Crippen LogP contribution is 2.41. The summed E-state index contributed by atoms with van der Waals surface area (Å²) in [6.07, 6.45) is 0.338. The number of methoxy groups -OCH3 is 1. The maximum Gasteiger partial charge on any atom is 0.306 e. The lowest BCUT2D eigenvalue weighted by Gasteiger charge is -2.27. The van der Waals surface area contributed by atoms with Gasteiger partial charge in [0.2, 0.25) is 0 Å². The van der Waals surface area contributed by atoms with Crippen molar-refractivity contribution < 1.29 is 14.6 Å². The molecule has 0 bridgehead atoms. The summed E-state index contributed by atoms with van der Waals surface area (Å²) in [5, 5.41) is 10.6. The quantitative estimate of drug-likeness (QED) is 0.647.